The quantitative estimate of drug-likeness (QED) is 0.559. The first-order valence-electron chi connectivity index (χ1n) is 5.27. The van der Waals surface area contributed by atoms with E-state index in [0.29, 0.717) is 18.4 Å². The molecule has 0 bridgehead atoms. The predicted molar refractivity (Wildman–Crippen MR) is 63.7 cm³/mol. The lowest BCUT2D eigenvalue weighted by atomic mass is 10.4. The molecule has 4 nitrogen and oxygen atoms in total. The van der Waals surface area contributed by atoms with Crippen LogP contribution in [0.2, 0.25) is 0 Å². The molecule has 0 aromatic carbocycles. The third-order valence-electron chi connectivity index (χ3n) is 1.86. The molecule has 0 aromatic rings. The van der Waals surface area contributed by atoms with Crippen molar-refractivity contribution in [1.82, 2.24) is 5.32 Å². The molecule has 0 heterocycles. The zero-order chi connectivity index (χ0) is 11.5. The maximum Gasteiger partial charge on any atom is 0.0591 e. The smallest absolute Gasteiger partial charge is 0.0591 e. The second-order valence-electron chi connectivity index (χ2n) is 3.55. The number of rotatable bonds is 10. The van der Waals surface area contributed by atoms with Crippen molar-refractivity contribution in [1.29, 1.82) is 0 Å². The van der Waals surface area contributed by atoms with Gasteiger partial charge in [-0.05, 0) is 13.3 Å². The maximum absolute atomic E-state index is 10.9. The van der Waals surface area contributed by atoms with Crippen LogP contribution in [-0.2, 0) is 20.3 Å². The number of hydrogen-bond acceptors (Lipinski definition) is 4. The fourth-order valence-electron chi connectivity index (χ4n) is 1.20. The van der Waals surface area contributed by atoms with Crippen molar-refractivity contribution in [3.63, 3.8) is 0 Å². The van der Waals surface area contributed by atoms with Crippen LogP contribution in [0.4, 0.5) is 0 Å². The number of methoxy groups -OCH3 is 1. The highest BCUT2D eigenvalue weighted by molar-refractivity contribution is 7.84. The summed E-state index contributed by atoms with van der Waals surface area (Å²) in [5.41, 5.74) is 0. The lowest BCUT2D eigenvalue weighted by molar-refractivity contribution is 0.103. The van der Waals surface area contributed by atoms with E-state index in [-0.39, 0.29) is 0 Å². The van der Waals surface area contributed by atoms with Gasteiger partial charge in [-0.15, -0.1) is 0 Å². The third kappa shape index (κ3) is 12.0. The molecule has 0 aromatic heterocycles. The molecule has 1 N–H and O–H groups in total. The van der Waals surface area contributed by atoms with Crippen molar-refractivity contribution in [2.24, 2.45) is 0 Å². The Balaban J connectivity index is 3.13. The Kier molecular flexibility index (Phi) is 10.6. The Bertz CT molecular complexity index is 167. The van der Waals surface area contributed by atoms with E-state index in [9.17, 15) is 4.21 Å². The van der Waals surface area contributed by atoms with Crippen LogP contribution in [-0.4, -0.2) is 55.7 Å². The lowest BCUT2D eigenvalue weighted by Gasteiger charge is -2.12. The van der Waals surface area contributed by atoms with Gasteiger partial charge in [-0.2, -0.15) is 0 Å². The van der Waals surface area contributed by atoms with Crippen LogP contribution in [0, 0.1) is 0 Å². The van der Waals surface area contributed by atoms with Gasteiger partial charge in [0.1, 0.15) is 0 Å². The van der Waals surface area contributed by atoms with E-state index in [0.717, 1.165) is 26.2 Å². The summed E-state index contributed by atoms with van der Waals surface area (Å²) >= 11 is 0. The molecule has 92 valence electrons. The first-order chi connectivity index (χ1) is 7.16. The molecule has 0 saturated carbocycles. The molecule has 0 aliphatic heterocycles. The van der Waals surface area contributed by atoms with Gasteiger partial charge in [0.25, 0.3) is 0 Å². The highest BCUT2D eigenvalue weighted by atomic mass is 32.2. The molecule has 0 saturated heterocycles. The predicted octanol–water partition coefficient (Wildman–Crippen LogP) is 0.396. The van der Waals surface area contributed by atoms with Gasteiger partial charge in [0, 0.05) is 55.7 Å². The summed E-state index contributed by atoms with van der Waals surface area (Å²) in [6, 6.07) is 0.290. The van der Waals surface area contributed by atoms with E-state index in [1.807, 2.05) is 6.92 Å². The summed E-state index contributed by atoms with van der Waals surface area (Å²) in [7, 11) is 0.962. The Labute approximate surface area is 95.2 Å². The first kappa shape index (κ1) is 15.0. The van der Waals surface area contributed by atoms with E-state index in [2.05, 4.69) is 5.32 Å². The van der Waals surface area contributed by atoms with Crippen LogP contribution in [0.1, 0.15) is 13.3 Å². The van der Waals surface area contributed by atoms with Gasteiger partial charge in [0.2, 0.25) is 0 Å². The van der Waals surface area contributed by atoms with Crippen molar-refractivity contribution >= 4 is 10.8 Å². The molecule has 2 atom stereocenters. The van der Waals surface area contributed by atoms with Crippen molar-refractivity contribution in [3.05, 3.63) is 0 Å². The van der Waals surface area contributed by atoms with Gasteiger partial charge in [-0.1, -0.05) is 0 Å². The van der Waals surface area contributed by atoms with Crippen LogP contribution in [0.5, 0.6) is 0 Å². The first-order valence-corrected chi connectivity index (χ1v) is 6.99. The molecule has 0 aliphatic carbocycles. The minimum atomic E-state index is -0.727. The molecule has 5 heteroatoms. The monoisotopic (exact) mass is 237 g/mol. The summed E-state index contributed by atoms with van der Waals surface area (Å²) in [6.07, 6.45) is 2.66. The minimum absolute atomic E-state index is 0.290. The van der Waals surface area contributed by atoms with Gasteiger partial charge in [-0.25, -0.2) is 0 Å². The minimum Gasteiger partial charge on any atom is -0.385 e. The fraction of sp³-hybridized carbons (Fsp3) is 1.00. The molecule has 0 spiro atoms. The van der Waals surface area contributed by atoms with E-state index in [1.165, 1.54) is 0 Å². The SMILES string of the molecule is COCCCOCCNC(C)CS(C)=O. The van der Waals surface area contributed by atoms with E-state index >= 15 is 0 Å². The second-order valence-corrected chi connectivity index (χ2v) is 5.03. The zero-order valence-electron chi connectivity index (χ0n) is 9.95. The van der Waals surface area contributed by atoms with Gasteiger partial charge in [0.15, 0.2) is 0 Å². The molecular weight excluding hydrogens is 214 g/mol. The van der Waals surface area contributed by atoms with E-state index in [4.69, 9.17) is 9.47 Å². The van der Waals surface area contributed by atoms with Crippen molar-refractivity contribution < 1.29 is 13.7 Å². The van der Waals surface area contributed by atoms with E-state index < -0.39 is 10.8 Å². The normalized spacial score (nSPS) is 15.1. The number of ether oxygens (including phenoxy) is 2. The van der Waals surface area contributed by atoms with E-state index in [1.54, 1.807) is 13.4 Å². The standard InChI is InChI=1S/C10H23NO3S/c1-10(9-15(3)12)11-5-8-14-7-4-6-13-2/h10-11H,4-9H2,1-3H3. The molecule has 0 rings (SSSR count). The zero-order valence-corrected chi connectivity index (χ0v) is 10.8. The van der Waals surface area contributed by atoms with Crippen molar-refractivity contribution in [3.8, 4) is 0 Å². The highest BCUT2D eigenvalue weighted by Gasteiger charge is 2.02. The van der Waals surface area contributed by atoms with Gasteiger partial charge < -0.3 is 14.8 Å². The summed E-state index contributed by atoms with van der Waals surface area (Å²) in [6.45, 7) is 5.03. The Morgan fingerprint density at radius 2 is 2.07 bits per heavy atom. The van der Waals surface area contributed by atoms with Gasteiger partial charge in [0.05, 0.1) is 6.61 Å². The average Bonchev–Trinajstić information content (AvgIpc) is 2.15. The van der Waals surface area contributed by atoms with Crippen LogP contribution < -0.4 is 5.32 Å². The molecule has 0 aliphatic rings. The molecule has 15 heavy (non-hydrogen) atoms. The number of hydrogen-bond donors (Lipinski definition) is 1. The van der Waals surface area contributed by atoms with Gasteiger partial charge in [-0.3, -0.25) is 4.21 Å². The van der Waals surface area contributed by atoms with Crippen LogP contribution in [0.15, 0.2) is 0 Å². The Morgan fingerprint density at radius 1 is 1.33 bits per heavy atom. The fourth-order valence-corrected chi connectivity index (χ4v) is 2.02. The topological polar surface area (TPSA) is 47.6 Å². The average molecular weight is 237 g/mol. The van der Waals surface area contributed by atoms with Crippen molar-refractivity contribution in [2.45, 2.75) is 19.4 Å². The van der Waals surface area contributed by atoms with Crippen LogP contribution in [0.25, 0.3) is 0 Å². The molecule has 0 radical (unpaired) electrons. The molecule has 0 fully saturated rings. The maximum atomic E-state index is 10.9. The lowest BCUT2D eigenvalue weighted by Crippen LogP contribution is -2.33. The van der Waals surface area contributed by atoms with Gasteiger partial charge >= 0.3 is 0 Å². The summed E-state index contributed by atoms with van der Waals surface area (Å²) in [5, 5.41) is 3.26. The highest BCUT2D eigenvalue weighted by Crippen LogP contribution is 1.86. The third-order valence-corrected chi connectivity index (χ3v) is 2.83. The second kappa shape index (κ2) is 10.5. The largest absolute Gasteiger partial charge is 0.385 e. The number of nitrogens with one attached hydrogen (secondary N) is 1. The van der Waals surface area contributed by atoms with Crippen LogP contribution in [0.3, 0.4) is 0 Å². The summed E-state index contributed by atoms with van der Waals surface area (Å²) < 4.78 is 21.2. The van der Waals surface area contributed by atoms with Crippen molar-refractivity contribution in [2.75, 3.05) is 45.5 Å². The summed E-state index contributed by atoms with van der Waals surface area (Å²) in [5.74, 6) is 0.698. The summed E-state index contributed by atoms with van der Waals surface area (Å²) in [4.78, 5) is 0. The Hall–Kier alpha value is 0.0300. The molecular formula is C10H23NO3S. The molecule has 2 unspecified atom stereocenters. The van der Waals surface area contributed by atoms with Crippen LogP contribution >= 0.6 is 0 Å². The molecule has 0 amide bonds. The Morgan fingerprint density at radius 3 is 2.67 bits per heavy atom.